The molecular weight excluding hydrogens is 159 g/mol. The van der Waals surface area contributed by atoms with Crippen molar-refractivity contribution in [2.75, 3.05) is 5.50 Å². The first kappa shape index (κ1) is 8.80. The molecular formula is C5H11Cl2Si. The van der Waals surface area contributed by atoms with Crippen LogP contribution in [0.5, 0.6) is 0 Å². The van der Waals surface area contributed by atoms with Crippen LogP contribution in [-0.4, -0.2) is 13.6 Å². The highest BCUT2D eigenvalue weighted by Gasteiger charge is 2.23. The molecule has 0 heterocycles. The summed E-state index contributed by atoms with van der Waals surface area (Å²) in [5.74, 6) is 0. The van der Waals surface area contributed by atoms with E-state index >= 15 is 0 Å². The summed E-state index contributed by atoms with van der Waals surface area (Å²) in [5.41, 5.74) is 0.635. The van der Waals surface area contributed by atoms with E-state index in [0.717, 1.165) is 0 Å². The SMILES string of the molecule is CC(C)(C)[Si](Cl)CCl. The van der Waals surface area contributed by atoms with Crippen LogP contribution in [0.15, 0.2) is 0 Å². The van der Waals surface area contributed by atoms with Gasteiger partial charge in [0.05, 0.1) is 0 Å². The van der Waals surface area contributed by atoms with E-state index in [1.54, 1.807) is 0 Å². The molecule has 0 nitrogen and oxygen atoms in total. The highest BCUT2D eigenvalue weighted by molar-refractivity contribution is 7.10. The molecule has 0 aromatic rings. The standard InChI is InChI=1S/C5H11Cl2Si/c1-5(2,3)8(7)4-6/h4H2,1-3H3. The summed E-state index contributed by atoms with van der Waals surface area (Å²) in [4.78, 5) is 0. The fourth-order valence-electron chi connectivity index (χ4n) is 0.200. The van der Waals surface area contributed by atoms with Gasteiger partial charge >= 0.3 is 0 Å². The fourth-order valence-corrected chi connectivity index (χ4v) is 1.80. The average Bonchev–Trinajstić information content (AvgIpc) is 1.62. The third-order valence-electron chi connectivity index (χ3n) is 0.931. The van der Waals surface area contributed by atoms with E-state index < -0.39 is 8.11 Å². The van der Waals surface area contributed by atoms with E-state index in [-0.39, 0.29) is 5.04 Å². The normalized spacial score (nSPS) is 12.8. The molecule has 0 saturated carbocycles. The molecule has 8 heavy (non-hydrogen) atoms. The topological polar surface area (TPSA) is 0 Å². The Bertz CT molecular complexity index is 67.3. The van der Waals surface area contributed by atoms with Gasteiger partial charge in [-0.3, -0.25) is 0 Å². The Kier molecular flexibility index (Phi) is 3.40. The van der Waals surface area contributed by atoms with Gasteiger partial charge < -0.3 is 0 Å². The van der Waals surface area contributed by atoms with Crippen molar-refractivity contribution in [2.24, 2.45) is 0 Å². The molecule has 0 aliphatic heterocycles. The summed E-state index contributed by atoms with van der Waals surface area (Å²) < 4.78 is 0. The molecule has 0 aliphatic carbocycles. The molecule has 0 aliphatic rings. The zero-order chi connectivity index (χ0) is 6.78. The van der Waals surface area contributed by atoms with Crippen LogP contribution < -0.4 is 0 Å². The molecule has 0 bridgehead atoms. The number of alkyl halides is 1. The van der Waals surface area contributed by atoms with Crippen LogP contribution in [0.25, 0.3) is 0 Å². The minimum atomic E-state index is -0.807. The lowest BCUT2D eigenvalue weighted by Crippen LogP contribution is -2.20. The zero-order valence-electron chi connectivity index (χ0n) is 5.46. The monoisotopic (exact) mass is 169 g/mol. The molecule has 0 N–H and O–H groups in total. The Morgan fingerprint density at radius 1 is 1.38 bits per heavy atom. The van der Waals surface area contributed by atoms with Crippen molar-refractivity contribution in [3.63, 3.8) is 0 Å². The van der Waals surface area contributed by atoms with Crippen LogP contribution in [-0.2, 0) is 0 Å². The third kappa shape index (κ3) is 2.95. The lowest BCUT2D eigenvalue weighted by Gasteiger charge is -2.19. The van der Waals surface area contributed by atoms with Gasteiger partial charge in [0, 0.05) is 5.50 Å². The summed E-state index contributed by atoms with van der Waals surface area (Å²) in [5, 5.41) is 0.244. The predicted molar refractivity (Wildman–Crippen MR) is 42.0 cm³/mol. The number of hydrogen-bond acceptors (Lipinski definition) is 0. The summed E-state index contributed by atoms with van der Waals surface area (Å²) in [6.07, 6.45) is 0. The number of halogens is 2. The molecule has 0 atom stereocenters. The highest BCUT2D eigenvalue weighted by atomic mass is 35.6. The average molecular weight is 170 g/mol. The largest absolute Gasteiger partial charge is 0.186 e. The summed E-state index contributed by atoms with van der Waals surface area (Å²) >= 11 is 11.5. The Balaban J connectivity index is 3.62. The van der Waals surface area contributed by atoms with Crippen molar-refractivity contribution in [3.8, 4) is 0 Å². The Hall–Kier alpha value is 0.797. The van der Waals surface area contributed by atoms with Crippen molar-refractivity contribution < 1.29 is 0 Å². The van der Waals surface area contributed by atoms with Crippen molar-refractivity contribution in [1.29, 1.82) is 0 Å². The molecule has 0 spiro atoms. The van der Waals surface area contributed by atoms with Crippen LogP contribution in [0.4, 0.5) is 0 Å². The lowest BCUT2D eigenvalue weighted by atomic mass is 10.3. The highest BCUT2D eigenvalue weighted by Crippen LogP contribution is 2.29. The molecule has 0 aromatic heterocycles. The molecule has 49 valence electrons. The molecule has 0 aromatic carbocycles. The van der Waals surface area contributed by atoms with Gasteiger partial charge in [0.15, 0.2) is 8.11 Å². The molecule has 0 rings (SSSR count). The van der Waals surface area contributed by atoms with E-state index in [1.807, 2.05) is 0 Å². The van der Waals surface area contributed by atoms with Crippen LogP contribution in [0, 0.1) is 0 Å². The van der Waals surface area contributed by atoms with Gasteiger partial charge in [-0.25, -0.2) is 0 Å². The van der Waals surface area contributed by atoms with Crippen LogP contribution in [0.2, 0.25) is 5.04 Å². The molecule has 0 fully saturated rings. The maximum absolute atomic E-state index is 5.91. The molecule has 3 heteroatoms. The zero-order valence-corrected chi connectivity index (χ0v) is 7.97. The van der Waals surface area contributed by atoms with E-state index in [0.29, 0.717) is 5.50 Å². The maximum atomic E-state index is 5.91. The second kappa shape index (κ2) is 3.09. The smallest absolute Gasteiger partial charge is 0.167 e. The molecule has 0 amide bonds. The van der Waals surface area contributed by atoms with Crippen molar-refractivity contribution >= 4 is 30.8 Å². The van der Waals surface area contributed by atoms with Gasteiger partial charge in [-0.05, 0) is 5.04 Å². The van der Waals surface area contributed by atoms with Gasteiger partial charge in [0.2, 0.25) is 0 Å². The second-order valence-corrected chi connectivity index (χ2v) is 7.54. The van der Waals surface area contributed by atoms with Crippen molar-refractivity contribution in [3.05, 3.63) is 0 Å². The van der Waals surface area contributed by atoms with E-state index in [4.69, 9.17) is 22.7 Å². The van der Waals surface area contributed by atoms with E-state index in [9.17, 15) is 0 Å². The molecule has 0 saturated heterocycles. The second-order valence-electron chi connectivity index (χ2n) is 2.79. The summed E-state index contributed by atoms with van der Waals surface area (Å²) in [6, 6.07) is 0. The Labute approximate surface area is 62.5 Å². The number of rotatable bonds is 1. The van der Waals surface area contributed by atoms with Gasteiger partial charge in [0.1, 0.15) is 0 Å². The van der Waals surface area contributed by atoms with Crippen LogP contribution in [0.3, 0.4) is 0 Å². The van der Waals surface area contributed by atoms with Gasteiger partial charge in [0.25, 0.3) is 0 Å². The van der Waals surface area contributed by atoms with E-state index in [2.05, 4.69) is 20.8 Å². The van der Waals surface area contributed by atoms with Gasteiger partial charge in [-0.2, -0.15) is 11.1 Å². The van der Waals surface area contributed by atoms with Crippen molar-refractivity contribution in [2.45, 2.75) is 25.8 Å². The summed E-state index contributed by atoms with van der Waals surface area (Å²) in [7, 11) is -0.807. The van der Waals surface area contributed by atoms with E-state index in [1.165, 1.54) is 0 Å². The molecule has 1 radical (unpaired) electrons. The van der Waals surface area contributed by atoms with Crippen molar-refractivity contribution in [1.82, 2.24) is 0 Å². The lowest BCUT2D eigenvalue weighted by molar-refractivity contribution is 0.750. The minimum absolute atomic E-state index is 0.244. The Morgan fingerprint density at radius 3 is 1.75 bits per heavy atom. The van der Waals surface area contributed by atoms with Gasteiger partial charge in [-0.1, -0.05) is 20.8 Å². The first-order valence-electron chi connectivity index (χ1n) is 2.56. The minimum Gasteiger partial charge on any atom is -0.167 e. The van der Waals surface area contributed by atoms with Crippen LogP contribution in [0.1, 0.15) is 20.8 Å². The van der Waals surface area contributed by atoms with Gasteiger partial charge in [-0.15, -0.1) is 11.6 Å². The fraction of sp³-hybridized carbons (Fsp3) is 1.00. The Morgan fingerprint density at radius 2 is 1.75 bits per heavy atom. The van der Waals surface area contributed by atoms with Crippen LogP contribution >= 0.6 is 22.7 Å². The maximum Gasteiger partial charge on any atom is 0.186 e. The first-order chi connectivity index (χ1) is 3.48. The third-order valence-corrected chi connectivity index (χ3v) is 6.11. The summed E-state index contributed by atoms with van der Waals surface area (Å²) in [6.45, 7) is 6.37. The quantitative estimate of drug-likeness (QED) is 0.322. The molecule has 0 unspecified atom stereocenters. The predicted octanol–water partition coefficient (Wildman–Crippen LogP) is 2.79. The number of hydrogen-bond donors (Lipinski definition) is 0. The first-order valence-corrected chi connectivity index (χ1v) is 5.81.